The van der Waals surface area contributed by atoms with Crippen molar-refractivity contribution in [3.63, 3.8) is 0 Å². The Labute approximate surface area is 151 Å². The van der Waals surface area contributed by atoms with Gasteiger partial charge in [-0.15, -0.1) is 0 Å². The monoisotopic (exact) mass is 332 g/mol. The molecule has 3 aliphatic carbocycles. The van der Waals surface area contributed by atoms with Gasteiger partial charge in [-0.05, 0) is 66.4 Å². The van der Waals surface area contributed by atoms with E-state index in [1.165, 1.54) is 79.3 Å². The van der Waals surface area contributed by atoms with E-state index >= 15 is 0 Å². The van der Waals surface area contributed by atoms with Crippen LogP contribution in [0.25, 0.3) is 5.70 Å². The van der Waals surface area contributed by atoms with E-state index in [9.17, 15) is 0 Å². The molecule has 0 atom stereocenters. The fourth-order valence-electron chi connectivity index (χ4n) is 5.25. The highest BCUT2D eigenvalue weighted by atomic mass is 14.9. The number of nitrogens with one attached hydrogen (secondary N) is 2. The zero-order valence-electron chi connectivity index (χ0n) is 15.1. The second-order valence-electron chi connectivity index (χ2n) is 8.10. The van der Waals surface area contributed by atoms with Crippen molar-refractivity contribution in [2.75, 3.05) is 0 Å². The third-order valence-electron chi connectivity index (χ3n) is 6.61. The van der Waals surface area contributed by atoms with Gasteiger partial charge < -0.3 is 10.6 Å². The van der Waals surface area contributed by atoms with Crippen LogP contribution < -0.4 is 10.6 Å². The molecule has 1 aromatic rings. The summed E-state index contributed by atoms with van der Waals surface area (Å²) in [6.45, 7) is 5.34. The average molecular weight is 332 g/mol. The summed E-state index contributed by atoms with van der Waals surface area (Å²) in [6, 6.07) is 7.58. The lowest BCUT2D eigenvalue weighted by Gasteiger charge is -2.29. The largest absolute Gasteiger partial charge is 0.355 e. The van der Waals surface area contributed by atoms with E-state index in [1.807, 2.05) is 0 Å². The maximum absolute atomic E-state index is 4.33. The normalized spacial score (nSPS) is 22.8. The maximum Gasteiger partial charge on any atom is 0.0499 e. The molecule has 0 bridgehead atoms. The summed E-state index contributed by atoms with van der Waals surface area (Å²) in [6.07, 6.45) is 11.7. The predicted molar refractivity (Wildman–Crippen MR) is 104 cm³/mol. The average Bonchev–Trinajstić information content (AvgIpc) is 3.28. The maximum atomic E-state index is 4.33. The number of dihydropyridines is 1. The fraction of sp³-hybridized carbons (Fsp3) is 0.478. The van der Waals surface area contributed by atoms with Crippen molar-refractivity contribution in [2.45, 2.75) is 70.4 Å². The van der Waals surface area contributed by atoms with Gasteiger partial charge in [0.15, 0.2) is 0 Å². The highest BCUT2D eigenvalue weighted by Crippen LogP contribution is 2.45. The van der Waals surface area contributed by atoms with E-state index in [1.54, 1.807) is 11.1 Å². The molecule has 0 radical (unpaired) electrons. The molecule has 2 nitrogen and oxygen atoms in total. The van der Waals surface area contributed by atoms with Crippen molar-refractivity contribution in [3.05, 3.63) is 63.9 Å². The zero-order valence-corrected chi connectivity index (χ0v) is 15.1. The highest BCUT2D eigenvalue weighted by molar-refractivity contribution is 5.83. The molecule has 2 N–H and O–H groups in total. The van der Waals surface area contributed by atoms with Crippen LogP contribution in [-0.2, 0) is 13.0 Å². The quantitative estimate of drug-likeness (QED) is 0.816. The Hall–Kier alpha value is -1.80. The van der Waals surface area contributed by atoms with Gasteiger partial charge in [0.2, 0.25) is 0 Å². The fourth-order valence-corrected chi connectivity index (χ4v) is 5.25. The third kappa shape index (κ3) is 2.58. The Morgan fingerprint density at radius 1 is 1.00 bits per heavy atom. The summed E-state index contributed by atoms with van der Waals surface area (Å²) in [7, 11) is 0. The first kappa shape index (κ1) is 15.5. The molecule has 0 saturated heterocycles. The van der Waals surface area contributed by atoms with Gasteiger partial charge in [-0.2, -0.15) is 0 Å². The van der Waals surface area contributed by atoms with Crippen LogP contribution in [0.2, 0.25) is 0 Å². The molecule has 130 valence electrons. The molecule has 0 unspecified atom stereocenters. The first-order valence-electron chi connectivity index (χ1n) is 10.1. The Bertz CT molecular complexity index is 790. The topological polar surface area (TPSA) is 24.1 Å². The zero-order chi connectivity index (χ0) is 16.8. The van der Waals surface area contributed by atoms with Crippen molar-refractivity contribution in [1.29, 1.82) is 0 Å². The van der Waals surface area contributed by atoms with E-state index in [0.29, 0.717) is 0 Å². The highest BCUT2D eigenvalue weighted by Gasteiger charge is 2.32. The number of benzene rings is 1. The lowest BCUT2D eigenvalue weighted by molar-refractivity contribution is 0.523. The van der Waals surface area contributed by atoms with Gasteiger partial charge in [0, 0.05) is 36.0 Å². The second kappa shape index (κ2) is 6.17. The number of rotatable bonds is 3. The Balaban J connectivity index is 1.45. The molecule has 5 rings (SSSR count). The minimum atomic E-state index is 0.727. The molecule has 0 spiro atoms. The second-order valence-corrected chi connectivity index (χ2v) is 8.10. The molecule has 0 aromatic heterocycles. The molecular formula is C23H28N2. The van der Waals surface area contributed by atoms with E-state index in [2.05, 4.69) is 35.4 Å². The van der Waals surface area contributed by atoms with Gasteiger partial charge >= 0.3 is 0 Å². The molecule has 25 heavy (non-hydrogen) atoms. The first-order chi connectivity index (χ1) is 12.3. The van der Waals surface area contributed by atoms with Crippen LogP contribution in [0, 0.1) is 0 Å². The van der Waals surface area contributed by atoms with Crippen LogP contribution in [0.15, 0.2) is 47.2 Å². The molecule has 4 aliphatic rings. The number of allylic oxidation sites excluding steroid dienone is 3. The lowest BCUT2D eigenvalue weighted by atomic mass is 9.83. The molecule has 1 heterocycles. The van der Waals surface area contributed by atoms with Crippen LogP contribution in [0.5, 0.6) is 0 Å². The smallest absolute Gasteiger partial charge is 0.0499 e. The Morgan fingerprint density at radius 2 is 1.80 bits per heavy atom. The summed E-state index contributed by atoms with van der Waals surface area (Å²) in [4.78, 5) is 0. The standard InChI is InChI=1S/C23H28N2/c1-15-18-10-4-5-11-19(18)22-13-21-16(14-24-17-8-2-3-9-17)7-6-12-20(21)23(22)25-15/h6-7,12,17,24-25H,1-5,8-11,13-14H2. The molecule has 1 saturated carbocycles. The van der Waals surface area contributed by atoms with Gasteiger partial charge in [0.05, 0.1) is 0 Å². The van der Waals surface area contributed by atoms with Crippen molar-refractivity contribution in [3.8, 4) is 0 Å². The van der Waals surface area contributed by atoms with Crippen molar-refractivity contribution in [2.24, 2.45) is 0 Å². The molecule has 1 aliphatic heterocycles. The SMILES string of the molecule is C=C1NC2=C(Cc3c(CNC4CCCC4)cccc32)C2=C1CCCC2. The van der Waals surface area contributed by atoms with E-state index in [-0.39, 0.29) is 0 Å². The first-order valence-corrected chi connectivity index (χ1v) is 10.1. The van der Waals surface area contributed by atoms with Crippen molar-refractivity contribution < 1.29 is 0 Å². The molecule has 1 fully saturated rings. The van der Waals surface area contributed by atoms with Crippen LogP contribution in [-0.4, -0.2) is 6.04 Å². The minimum absolute atomic E-state index is 0.727. The molecular weight excluding hydrogens is 304 g/mol. The van der Waals surface area contributed by atoms with Gasteiger partial charge in [0.1, 0.15) is 0 Å². The minimum Gasteiger partial charge on any atom is -0.355 e. The van der Waals surface area contributed by atoms with E-state index < -0.39 is 0 Å². The molecule has 2 heteroatoms. The summed E-state index contributed by atoms with van der Waals surface area (Å²) in [5.41, 5.74) is 11.6. The molecule has 1 aromatic carbocycles. The summed E-state index contributed by atoms with van der Waals surface area (Å²) >= 11 is 0. The van der Waals surface area contributed by atoms with Gasteiger partial charge in [-0.3, -0.25) is 0 Å². The van der Waals surface area contributed by atoms with Gasteiger partial charge in [-0.1, -0.05) is 37.6 Å². The molecule has 0 amide bonds. The Morgan fingerprint density at radius 3 is 2.64 bits per heavy atom. The van der Waals surface area contributed by atoms with Crippen LogP contribution in [0.4, 0.5) is 0 Å². The predicted octanol–water partition coefficient (Wildman–Crippen LogP) is 4.97. The van der Waals surface area contributed by atoms with E-state index in [4.69, 9.17) is 0 Å². The number of fused-ring (bicyclic) bond motifs is 3. The van der Waals surface area contributed by atoms with Crippen molar-refractivity contribution in [1.82, 2.24) is 10.6 Å². The number of hydrogen-bond donors (Lipinski definition) is 2. The summed E-state index contributed by atoms with van der Waals surface area (Å²) in [5, 5.41) is 7.47. The lowest BCUT2D eigenvalue weighted by Crippen LogP contribution is -2.25. The Kier molecular flexibility index (Phi) is 3.82. The van der Waals surface area contributed by atoms with Crippen LogP contribution in [0.1, 0.15) is 68.1 Å². The summed E-state index contributed by atoms with van der Waals surface area (Å²) < 4.78 is 0. The summed E-state index contributed by atoms with van der Waals surface area (Å²) in [5.74, 6) is 0. The van der Waals surface area contributed by atoms with E-state index in [0.717, 1.165) is 24.7 Å². The van der Waals surface area contributed by atoms with Crippen LogP contribution >= 0.6 is 0 Å². The third-order valence-corrected chi connectivity index (χ3v) is 6.61. The van der Waals surface area contributed by atoms with Gasteiger partial charge in [-0.25, -0.2) is 0 Å². The van der Waals surface area contributed by atoms with Crippen LogP contribution in [0.3, 0.4) is 0 Å². The number of hydrogen-bond acceptors (Lipinski definition) is 2. The van der Waals surface area contributed by atoms with Gasteiger partial charge in [0.25, 0.3) is 0 Å². The van der Waals surface area contributed by atoms with Crippen molar-refractivity contribution >= 4 is 5.70 Å².